The molecule has 0 bridgehead atoms. The van der Waals surface area contributed by atoms with E-state index in [1.165, 1.54) is 22.7 Å². The summed E-state index contributed by atoms with van der Waals surface area (Å²) in [5.41, 5.74) is 1.97. The first-order valence-electron chi connectivity index (χ1n) is 9.14. The minimum absolute atomic E-state index is 0.0535. The van der Waals surface area contributed by atoms with Gasteiger partial charge in [0.2, 0.25) is 0 Å². The number of thioether (sulfide) groups is 1. The predicted molar refractivity (Wildman–Crippen MR) is 124 cm³/mol. The fourth-order valence-electron chi connectivity index (χ4n) is 3.15. The Balaban J connectivity index is 1.58. The van der Waals surface area contributed by atoms with Crippen LogP contribution in [0.1, 0.15) is 11.3 Å². The van der Waals surface area contributed by atoms with Crippen molar-refractivity contribution in [1.82, 2.24) is 0 Å². The molecule has 1 amide bonds. The molecule has 1 aromatic heterocycles. The van der Waals surface area contributed by atoms with Gasteiger partial charge in [-0.3, -0.25) is 19.8 Å². The highest BCUT2D eigenvalue weighted by molar-refractivity contribution is 8.27. The molecule has 0 radical (unpaired) electrons. The lowest BCUT2D eigenvalue weighted by molar-refractivity contribution is -0.385. The molecule has 3 aromatic rings. The van der Waals surface area contributed by atoms with E-state index in [9.17, 15) is 14.9 Å². The van der Waals surface area contributed by atoms with Gasteiger partial charge < -0.3 is 9.15 Å². The van der Waals surface area contributed by atoms with Crippen molar-refractivity contribution in [3.8, 4) is 17.1 Å². The summed E-state index contributed by atoms with van der Waals surface area (Å²) in [5.74, 6) is 1.50. The molecule has 0 N–H and O–H groups in total. The zero-order valence-electron chi connectivity index (χ0n) is 16.5. The van der Waals surface area contributed by atoms with Crippen LogP contribution >= 0.6 is 24.0 Å². The standard InChI is InChI=1S/C22H16N2O5S2/c1-13-11-14(3-9-18(13)24(26)27)19-10-8-17(29-19)12-20-21(25)23(22(30)31-20)15-4-6-16(28-2)7-5-15/h3-12H,1-2H3/b20-12-. The monoisotopic (exact) mass is 452 g/mol. The van der Waals surface area contributed by atoms with Crippen LogP contribution < -0.4 is 9.64 Å². The zero-order valence-corrected chi connectivity index (χ0v) is 18.2. The highest BCUT2D eigenvalue weighted by Crippen LogP contribution is 2.37. The number of aryl methyl sites for hydroxylation is 1. The maximum atomic E-state index is 12.9. The molecule has 2 aromatic carbocycles. The van der Waals surface area contributed by atoms with E-state index in [1.54, 1.807) is 68.6 Å². The second-order valence-corrected chi connectivity index (χ2v) is 8.35. The number of amides is 1. The third-order valence-corrected chi connectivity index (χ3v) is 6.00. The Hall–Kier alpha value is -3.43. The number of thiocarbonyl (C=S) groups is 1. The topological polar surface area (TPSA) is 85.8 Å². The average molecular weight is 453 g/mol. The molecule has 0 atom stereocenters. The number of nitro benzene ring substituents is 1. The number of anilines is 1. The third-order valence-electron chi connectivity index (χ3n) is 4.70. The number of benzene rings is 2. The molecule has 9 heteroatoms. The van der Waals surface area contributed by atoms with Crippen LogP contribution in [0.5, 0.6) is 5.75 Å². The molecule has 1 aliphatic heterocycles. The molecular formula is C22H16N2O5S2. The van der Waals surface area contributed by atoms with Crippen LogP contribution in [0.2, 0.25) is 0 Å². The van der Waals surface area contributed by atoms with Gasteiger partial charge in [-0.25, -0.2) is 0 Å². The fraction of sp³-hybridized carbons (Fsp3) is 0.0909. The maximum Gasteiger partial charge on any atom is 0.272 e. The van der Waals surface area contributed by atoms with E-state index in [0.29, 0.717) is 43.3 Å². The second-order valence-electron chi connectivity index (χ2n) is 6.68. The predicted octanol–water partition coefficient (Wildman–Crippen LogP) is 5.58. The van der Waals surface area contributed by atoms with E-state index < -0.39 is 4.92 Å². The van der Waals surface area contributed by atoms with Crippen molar-refractivity contribution in [3.05, 3.63) is 80.9 Å². The van der Waals surface area contributed by atoms with E-state index in [4.69, 9.17) is 21.4 Å². The molecule has 0 unspecified atom stereocenters. The van der Waals surface area contributed by atoms with Crippen molar-refractivity contribution in [2.45, 2.75) is 6.92 Å². The Kier molecular flexibility index (Phi) is 5.62. The third kappa shape index (κ3) is 4.10. The summed E-state index contributed by atoms with van der Waals surface area (Å²) in [4.78, 5) is 25.4. The van der Waals surface area contributed by atoms with Crippen LogP contribution in [0.4, 0.5) is 11.4 Å². The number of methoxy groups -OCH3 is 1. The number of nitrogens with zero attached hydrogens (tertiary/aromatic N) is 2. The van der Waals surface area contributed by atoms with E-state index in [2.05, 4.69) is 0 Å². The summed E-state index contributed by atoms with van der Waals surface area (Å²) >= 11 is 6.59. The van der Waals surface area contributed by atoms with Crippen LogP contribution in [0, 0.1) is 17.0 Å². The van der Waals surface area contributed by atoms with Gasteiger partial charge in [0.15, 0.2) is 4.32 Å². The largest absolute Gasteiger partial charge is 0.497 e. The first-order valence-corrected chi connectivity index (χ1v) is 10.4. The molecular weight excluding hydrogens is 436 g/mol. The lowest BCUT2D eigenvalue weighted by Crippen LogP contribution is -2.27. The van der Waals surface area contributed by atoms with Gasteiger partial charge in [0, 0.05) is 23.3 Å². The van der Waals surface area contributed by atoms with Crippen molar-refractivity contribution in [1.29, 1.82) is 0 Å². The van der Waals surface area contributed by atoms with Crippen molar-refractivity contribution < 1.29 is 18.9 Å². The fourth-order valence-corrected chi connectivity index (χ4v) is 4.43. The Bertz CT molecular complexity index is 1230. The zero-order chi connectivity index (χ0) is 22.1. The maximum absolute atomic E-state index is 12.9. The summed E-state index contributed by atoms with van der Waals surface area (Å²) in [6.45, 7) is 1.68. The van der Waals surface area contributed by atoms with Crippen molar-refractivity contribution in [3.63, 3.8) is 0 Å². The molecule has 4 rings (SSSR count). The Morgan fingerprint density at radius 1 is 1.16 bits per heavy atom. The van der Waals surface area contributed by atoms with Crippen LogP contribution in [0.25, 0.3) is 17.4 Å². The van der Waals surface area contributed by atoms with Gasteiger partial charge in [0.25, 0.3) is 11.6 Å². The van der Waals surface area contributed by atoms with Gasteiger partial charge in [-0.05, 0) is 55.5 Å². The van der Waals surface area contributed by atoms with Crippen LogP contribution in [-0.4, -0.2) is 22.3 Å². The number of hydrogen-bond donors (Lipinski definition) is 0. The van der Waals surface area contributed by atoms with Gasteiger partial charge in [-0.2, -0.15) is 0 Å². The summed E-state index contributed by atoms with van der Waals surface area (Å²) < 4.78 is 11.4. The lowest BCUT2D eigenvalue weighted by Gasteiger charge is -2.14. The van der Waals surface area contributed by atoms with Crippen molar-refractivity contribution >= 4 is 51.7 Å². The number of ether oxygens (including phenoxy) is 1. The van der Waals surface area contributed by atoms with Crippen molar-refractivity contribution in [2.24, 2.45) is 0 Å². The van der Waals surface area contributed by atoms with Crippen molar-refractivity contribution in [2.75, 3.05) is 12.0 Å². The molecule has 1 fully saturated rings. The van der Waals surface area contributed by atoms with E-state index in [-0.39, 0.29) is 11.6 Å². The van der Waals surface area contributed by atoms with Gasteiger partial charge in [-0.15, -0.1) is 0 Å². The Morgan fingerprint density at radius 3 is 2.55 bits per heavy atom. The van der Waals surface area contributed by atoms with Crippen LogP contribution in [-0.2, 0) is 4.79 Å². The molecule has 2 heterocycles. The van der Waals surface area contributed by atoms with Crippen LogP contribution in [0.3, 0.4) is 0 Å². The summed E-state index contributed by atoms with van der Waals surface area (Å²) in [7, 11) is 1.58. The number of rotatable bonds is 5. The highest BCUT2D eigenvalue weighted by Gasteiger charge is 2.33. The molecule has 1 saturated heterocycles. The lowest BCUT2D eigenvalue weighted by atomic mass is 10.1. The number of carbonyl (C=O) groups excluding carboxylic acids is 1. The van der Waals surface area contributed by atoms with E-state index in [1.807, 2.05) is 0 Å². The molecule has 1 aliphatic rings. The summed E-state index contributed by atoms with van der Waals surface area (Å²) in [6, 6.07) is 15.4. The molecule has 7 nitrogen and oxygen atoms in total. The van der Waals surface area contributed by atoms with E-state index in [0.717, 1.165) is 0 Å². The number of carbonyl (C=O) groups is 1. The van der Waals surface area contributed by atoms with Gasteiger partial charge in [0.05, 0.1) is 22.6 Å². The van der Waals surface area contributed by atoms with Gasteiger partial charge in [-0.1, -0.05) is 24.0 Å². The highest BCUT2D eigenvalue weighted by atomic mass is 32.2. The molecule has 0 spiro atoms. The summed E-state index contributed by atoms with van der Waals surface area (Å²) in [5, 5.41) is 11.0. The van der Waals surface area contributed by atoms with Gasteiger partial charge in [0.1, 0.15) is 17.3 Å². The van der Waals surface area contributed by atoms with E-state index >= 15 is 0 Å². The Labute approximate surface area is 187 Å². The van der Waals surface area contributed by atoms with Gasteiger partial charge >= 0.3 is 0 Å². The first-order chi connectivity index (χ1) is 14.9. The smallest absolute Gasteiger partial charge is 0.272 e. The quantitative estimate of drug-likeness (QED) is 0.216. The minimum Gasteiger partial charge on any atom is -0.497 e. The second kappa shape index (κ2) is 8.37. The average Bonchev–Trinajstić information content (AvgIpc) is 3.32. The minimum atomic E-state index is -0.419. The Morgan fingerprint density at radius 2 is 1.90 bits per heavy atom. The molecule has 31 heavy (non-hydrogen) atoms. The van der Waals surface area contributed by atoms with Crippen LogP contribution in [0.15, 0.2) is 63.9 Å². The number of hydrogen-bond acceptors (Lipinski definition) is 7. The normalized spacial score (nSPS) is 15.0. The number of furan rings is 1. The molecule has 0 aliphatic carbocycles. The SMILES string of the molecule is COc1ccc(N2C(=O)/C(=C/c3ccc(-c4ccc([N+](=O)[O-])c(C)c4)o3)SC2=S)cc1. The molecule has 0 saturated carbocycles. The number of nitro groups is 1. The first kappa shape index (κ1) is 20.8. The molecule has 156 valence electrons. The summed E-state index contributed by atoms with van der Waals surface area (Å²) in [6.07, 6.45) is 1.64.